The molecule has 0 spiro atoms. The Morgan fingerprint density at radius 1 is 1.47 bits per heavy atom. The minimum absolute atomic E-state index is 0.00199. The number of hydrogen-bond donors (Lipinski definition) is 3. The van der Waals surface area contributed by atoms with Crippen LogP contribution in [-0.2, 0) is 11.3 Å². The highest BCUT2D eigenvalue weighted by molar-refractivity contribution is 5.77. The van der Waals surface area contributed by atoms with Crippen LogP contribution < -0.4 is 11.1 Å². The Bertz CT molecular complexity index is 475. The molecule has 1 aromatic heterocycles. The average Bonchev–Trinajstić information content (AvgIpc) is 2.92. The van der Waals surface area contributed by atoms with Gasteiger partial charge in [0.05, 0.1) is 29.2 Å². The summed E-state index contributed by atoms with van der Waals surface area (Å²) in [5.41, 5.74) is 7.58. The third-order valence-electron chi connectivity index (χ3n) is 4.00. The van der Waals surface area contributed by atoms with Crippen molar-refractivity contribution in [1.29, 1.82) is 0 Å². The van der Waals surface area contributed by atoms with E-state index in [2.05, 4.69) is 10.4 Å². The number of aromatic nitrogens is 2. The van der Waals surface area contributed by atoms with E-state index >= 15 is 0 Å². The molecule has 6 heteroatoms. The van der Waals surface area contributed by atoms with Crippen LogP contribution in [0.2, 0.25) is 0 Å². The molecular formula is C13H22N4O2. The molecule has 1 aliphatic rings. The Labute approximate surface area is 113 Å². The fourth-order valence-corrected chi connectivity index (χ4v) is 2.71. The van der Waals surface area contributed by atoms with E-state index < -0.39 is 5.54 Å². The fraction of sp³-hybridized carbons (Fsp3) is 0.692. The molecule has 19 heavy (non-hydrogen) atoms. The summed E-state index contributed by atoms with van der Waals surface area (Å²) in [7, 11) is 0. The van der Waals surface area contributed by atoms with Gasteiger partial charge in [0.1, 0.15) is 6.54 Å². The van der Waals surface area contributed by atoms with Gasteiger partial charge >= 0.3 is 0 Å². The van der Waals surface area contributed by atoms with Crippen molar-refractivity contribution < 1.29 is 9.90 Å². The lowest BCUT2D eigenvalue weighted by Gasteiger charge is -2.28. The molecule has 1 saturated carbocycles. The number of nitrogen functional groups attached to an aromatic ring is 1. The lowest BCUT2D eigenvalue weighted by Crippen LogP contribution is -2.50. The van der Waals surface area contributed by atoms with Crippen molar-refractivity contribution in [1.82, 2.24) is 15.1 Å². The highest BCUT2D eigenvalue weighted by Gasteiger charge is 2.34. The van der Waals surface area contributed by atoms with Gasteiger partial charge in [0.15, 0.2) is 0 Å². The van der Waals surface area contributed by atoms with Crippen molar-refractivity contribution in [3.05, 3.63) is 11.4 Å². The number of aliphatic hydroxyl groups excluding tert-OH is 1. The van der Waals surface area contributed by atoms with Crippen LogP contribution in [0.4, 0.5) is 5.69 Å². The molecule has 1 amide bonds. The van der Waals surface area contributed by atoms with Crippen LogP contribution in [0.25, 0.3) is 0 Å². The molecule has 0 bridgehead atoms. The summed E-state index contributed by atoms with van der Waals surface area (Å²) in [5.74, 6) is -0.124. The van der Waals surface area contributed by atoms with Gasteiger partial charge in [0, 0.05) is 0 Å². The first-order valence-corrected chi connectivity index (χ1v) is 6.69. The Balaban J connectivity index is 2.03. The van der Waals surface area contributed by atoms with E-state index in [1.54, 1.807) is 4.68 Å². The van der Waals surface area contributed by atoms with Gasteiger partial charge in [0.2, 0.25) is 5.91 Å². The molecule has 4 N–H and O–H groups in total. The molecule has 0 aromatic carbocycles. The maximum absolute atomic E-state index is 12.1. The van der Waals surface area contributed by atoms with Gasteiger partial charge in [-0.05, 0) is 26.7 Å². The molecule has 2 rings (SSSR count). The second kappa shape index (κ2) is 5.21. The third-order valence-corrected chi connectivity index (χ3v) is 4.00. The highest BCUT2D eigenvalue weighted by atomic mass is 16.3. The standard InChI is InChI=1S/C13H22N4O2/c1-9-12(14)10(2)17(16-9)7-11(19)15-13(8-18)5-3-4-6-13/h18H,3-8,14H2,1-2H3,(H,15,19). The molecule has 0 saturated heterocycles. The van der Waals surface area contributed by atoms with E-state index in [9.17, 15) is 9.90 Å². The Hall–Kier alpha value is -1.56. The van der Waals surface area contributed by atoms with E-state index in [0.29, 0.717) is 5.69 Å². The molecule has 6 nitrogen and oxygen atoms in total. The molecule has 1 fully saturated rings. The number of aryl methyl sites for hydroxylation is 1. The highest BCUT2D eigenvalue weighted by Crippen LogP contribution is 2.29. The third kappa shape index (κ3) is 2.73. The summed E-state index contributed by atoms with van der Waals surface area (Å²) < 4.78 is 1.61. The quantitative estimate of drug-likeness (QED) is 0.740. The molecule has 1 aromatic rings. The van der Waals surface area contributed by atoms with E-state index in [1.807, 2.05) is 13.8 Å². The smallest absolute Gasteiger partial charge is 0.242 e. The summed E-state index contributed by atoms with van der Waals surface area (Å²) in [6.45, 7) is 3.81. The van der Waals surface area contributed by atoms with Crippen LogP contribution in [0, 0.1) is 13.8 Å². The number of rotatable bonds is 4. The number of amides is 1. The molecule has 0 aliphatic heterocycles. The second-order valence-corrected chi connectivity index (χ2v) is 5.44. The second-order valence-electron chi connectivity index (χ2n) is 5.44. The number of nitrogens with zero attached hydrogens (tertiary/aromatic N) is 2. The Morgan fingerprint density at radius 3 is 2.58 bits per heavy atom. The molecule has 106 valence electrons. The van der Waals surface area contributed by atoms with Gasteiger partial charge < -0.3 is 16.2 Å². The summed E-state index contributed by atoms with van der Waals surface area (Å²) in [4.78, 5) is 12.1. The number of hydrogen-bond acceptors (Lipinski definition) is 4. The van der Waals surface area contributed by atoms with Crippen LogP contribution in [0.3, 0.4) is 0 Å². The maximum Gasteiger partial charge on any atom is 0.242 e. The van der Waals surface area contributed by atoms with E-state index in [0.717, 1.165) is 37.1 Å². The summed E-state index contributed by atoms with van der Waals surface area (Å²) in [5, 5.41) is 16.7. The molecule has 0 unspecified atom stereocenters. The van der Waals surface area contributed by atoms with Crippen molar-refractivity contribution >= 4 is 11.6 Å². The van der Waals surface area contributed by atoms with Gasteiger partial charge in [-0.1, -0.05) is 12.8 Å². The minimum atomic E-state index is -0.432. The largest absolute Gasteiger partial charge is 0.396 e. The first kappa shape index (κ1) is 13.9. The predicted molar refractivity (Wildman–Crippen MR) is 72.5 cm³/mol. The van der Waals surface area contributed by atoms with Crippen molar-refractivity contribution in [3.8, 4) is 0 Å². The van der Waals surface area contributed by atoms with Gasteiger partial charge in [-0.15, -0.1) is 0 Å². The number of carbonyl (C=O) groups excluding carboxylic acids is 1. The maximum atomic E-state index is 12.1. The van der Waals surface area contributed by atoms with Crippen LogP contribution in [0.1, 0.15) is 37.1 Å². The number of nitrogens with two attached hydrogens (primary N) is 1. The summed E-state index contributed by atoms with van der Waals surface area (Å²) in [6.07, 6.45) is 3.78. The molecular weight excluding hydrogens is 244 g/mol. The number of carbonyl (C=O) groups is 1. The van der Waals surface area contributed by atoms with Gasteiger partial charge in [-0.25, -0.2) is 0 Å². The van der Waals surface area contributed by atoms with E-state index in [-0.39, 0.29) is 19.1 Å². The predicted octanol–water partition coefficient (Wildman–Crippen LogP) is 0.503. The zero-order chi connectivity index (χ0) is 14.0. The van der Waals surface area contributed by atoms with E-state index in [1.165, 1.54) is 0 Å². The first-order valence-electron chi connectivity index (χ1n) is 6.69. The monoisotopic (exact) mass is 266 g/mol. The van der Waals surface area contributed by atoms with Crippen molar-refractivity contribution in [2.75, 3.05) is 12.3 Å². The topological polar surface area (TPSA) is 93.2 Å². The van der Waals surface area contributed by atoms with Crippen LogP contribution >= 0.6 is 0 Å². The fourth-order valence-electron chi connectivity index (χ4n) is 2.71. The minimum Gasteiger partial charge on any atom is -0.396 e. The summed E-state index contributed by atoms with van der Waals surface area (Å²) >= 11 is 0. The van der Waals surface area contributed by atoms with E-state index in [4.69, 9.17) is 5.73 Å². The number of aliphatic hydroxyl groups is 1. The average molecular weight is 266 g/mol. The van der Waals surface area contributed by atoms with Crippen LogP contribution in [0.15, 0.2) is 0 Å². The van der Waals surface area contributed by atoms with Crippen LogP contribution in [0.5, 0.6) is 0 Å². The first-order chi connectivity index (χ1) is 8.97. The van der Waals surface area contributed by atoms with Crippen molar-refractivity contribution in [2.45, 2.75) is 51.6 Å². The lowest BCUT2D eigenvalue weighted by atomic mass is 9.99. The number of nitrogens with one attached hydrogen (secondary N) is 1. The zero-order valence-electron chi connectivity index (χ0n) is 11.6. The van der Waals surface area contributed by atoms with Crippen LogP contribution in [-0.4, -0.2) is 32.9 Å². The van der Waals surface area contributed by atoms with Crippen molar-refractivity contribution in [2.24, 2.45) is 0 Å². The van der Waals surface area contributed by atoms with Gasteiger partial charge in [-0.2, -0.15) is 5.10 Å². The SMILES string of the molecule is Cc1nn(CC(=O)NC2(CO)CCCC2)c(C)c1N. The Kier molecular flexibility index (Phi) is 3.80. The number of anilines is 1. The lowest BCUT2D eigenvalue weighted by molar-refractivity contribution is -0.124. The molecule has 1 heterocycles. The Morgan fingerprint density at radius 2 is 2.11 bits per heavy atom. The zero-order valence-corrected chi connectivity index (χ0v) is 11.6. The van der Waals surface area contributed by atoms with Gasteiger partial charge in [-0.3, -0.25) is 9.48 Å². The molecule has 0 radical (unpaired) electrons. The summed E-state index contributed by atoms with van der Waals surface area (Å²) in [6, 6.07) is 0. The molecule has 0 atom stereocenters. The van der Waals surface area contributed by atoms with Gasteiger partial charge in [0.25, 0.3) is 0 Å². The molecule has 1 aliphatic carbocycles. The van der Waals surface area contributed by atoms with Crippen molar-refractivity contribution in [3.63, 3.8) is 0 Å². The normalized spacial score (nSPS) is 17.6.